The summed E-state index contributed by atoms with van der Waals surface area (Å²) in [4.78, 5) is 6.76. The van der Waals surface area contributed by atoms with E-state index >= 15 is 0 Å². The molecule has 0 aromatic carbocycles. The van der Waals surface area contributed by atoms with Gasteiger partial charge in [0.05, 0.1) is 5.69 Å². The molecule has 0 bridgehead atoms. The molecule has 0 saturated heterocycles. The fraction of sp³-hybridized carbons (Fsp3) is 0.700. The number of hydrogen-bond donors (Lipinski definition) is 1. The molecule has 1 atom stereocenters. The van der Waals surface area contributed by atoms with Crippen molar-refractivity contribution in [2.45, 2.75) is 18.7 Å². The summed E-state index contributed by atoms with van der Waals surface area (Å²) in [5, 5.41) is 3.81. The normalized spacial score (nSPS) is 13.4. The largest absolute Gasteiger partial charge is 0.330 e. The maximum absolute atomic E-state index is 5.48. The Labute approximate surface area is 100 Å². The van der Waals surface area contributed by atoms with Gasteiger partial charge in [-0.2, -0.15) is 11.8 Å². The Morgan fingerprint density at radius 2 is 2.33 bits per heavy atom. The van der Waals surface area contributed by atoms with Gasteiger partial charge in [0, 0.05) is 29.5 Å². The SMILES string of the molecule is CC(SCCN)c1csc(CN(C)C)n1. The minimum atomic E-state index is 0.459. The zero-order chi connectivity index (χ0) is 11.3. The number of aromatic nitrogens is 1. The van der Waals surface area contributed by atoms with E-state index in [0.717, 1.165) is 18.8 Å². The molecule has 1 aromatic rings. The molecule has 86 valence electrons. The van der Waals surface area contributed by atoms with E-state index in [0.29, 0.717) is 5.25 Å². The van der Waals surface area contributed by atoms with E-state index in [1.807, 2.05) is 11.8 Å². The van der Waals surface area contributed by atoms with E-state index in [1.54, 1.807) is 11.3 Å². The smallest absolute Gasteiger partial charge is 0.107 e. The Morgan fingerprint density at radius 3 is 2.93 bits per heavy atom. The maximum atomic E-state index is 5.48. The molecule has 1 unspecified atom stereocenters. The zero-order valence-corrected chi connectivity index (χ0v) is 11.2. The summed E-state index contributed by atoms with van der Waals surface area (Å²) in [5.74, 6) is 1.00. The molecular formula is C10H19N3S2. The van der Waals surface area contributed by atoms with E-state index in [2.05, 4.69) is 36.3 Å². The Morgan fingerprint density at radius 1 is 1.60 bits per heavy atom. The predicted molar refractivity (Wildman–Crippen MR) is 69.4 cm³/mol. The van der Waals surface area contributed by atoms with Gasteiger partial charge in [0.1, 0.15) is 5.01 Å². The van der Waals surface area contributed by atoms with Crippen LogP contribution in [0.3, 0.4) is 0 Å². The van der Waals surface area contributed by atoms with E-state index in [1.165, 1.54) is 10.7 Å². The predicted octanol–water partition coefficient (Wildman–Crippen LogP) is 1.96. The van der Waals surface area contributed by atoms with Gasteiger partial charge in [-0.1, -0.05) is 0 Å². The third kappa shape index (κ3) is 4.51. The lowest BCUT2D eigenvalue weighted by molar-refractivity contribution is 0.401. The first kappa shape index (κ1) is 13.0. The second kappa shape index (κ2) is 6.48. The molecule has 2 N–H and O–H groups in total. The van der Waals surface area contributed by atoms with Crippen molar-refractivity contribution in [2.75, 3.05) is 26.4 Å². The van der Waals surface area contributed by atoms with Crippen LogP contribution in [0.5, 0.6) is 0 Å². The van der Waals surface area contributed by atoms with Gasteiger partial charge < -0.3 is 10.6 Å². The number of thiazole rings is 1. The van der Waals surface area contributed by atoms with Gasteiger partial charge >= 0.3 is 0 Å². The van der Waals surface area contributed by atoms with Crippen molar-refractivity contribution in [1.29, 1.82) is 0 Å². The fourth-order valence-electron chi connectivity index (χ4n) is 1.19. The van der Waals surface area contributed by atoms with Crippen LogP contribution >= 0.6 is 23.1 Å². The van der Waals surface area contributed by atoms with Crippen molar-refractivity contribution in [3.8, 4) is 0 Å². The number of hydrogen-bond acceptors (Lipinski definition) is 5. The van der Waals surface area contributed by atoms with Crippen LogP contribution in [0, 0.1) is 0 Å². The topological polar surface area (TPSA) is 42.1 Å². The van der Waals surface area contributed by atoms with Crippen molar-refractivity contribution in [1.82, 2.24) is 9.88 Å². The first-order valence-corrected chi connectivity index (χ1v) is 6.97. The average Bonchev–Trinajstić information content (AvgIpc) is 2.61. The molecule has 15 heavy (non-hydrogen) atoms. The molecule has 0 saturated carbocycles. The highest BCUT2D eigenvalue weighted by atomic mass is 32.2. The monoisotopic (exact) mass is 245 g/mol. The minimum absolute atomic E-state index is 0.459. The summed E-state index contributed by atoms with van der Waals surface area (Å²) in [7, 11) is 4.13. The van der Waals surface area contributed by atoms with Gasteiger partial charge in [-0.15, -0.1) is 11.3 Å². The third-order valence-electron chi connectivity index (χ3n) is 1.92. The minimum Gasteiger partial charge on any atom is -0.330 e. The first-order chi connectivity index (χ1) is 7.13. The van der Waals surface area contributed by atoms with Crippen molar-refractivity contribution in [3.05, 3.63) is 16.1 Å². The van der Waals surface area contributed by atoms with Gasteiger partial charge in [0.15, 0.2) is 0 Å². The molecule has 5 heteroatoms. The summed E-state index contributed by atoms with van der Waals surface area (Å²) in [6.45, 7) is 3.86. The summed E-state index contributed by atoms with van der Waals surface area (Å²) >= 11 is 3.61. The molecule has 0 fully saturated rings. The molecule has 3 nitrogen and oxygen atoms in total. The summed E-state index contributed by atoms with van der Waals surface area (Å²) in [6.07, 6.45) is 0. The van der Waals surface area contributed by atoms with Crippen LogP contribution in [-0.2, 0) is 6.54 Å². The van der Waals surface area contributed by atoms with Crippen LogP contribution in [0.2, 0.25) is 0 Å². The standard InChI is InChI=1S/C10H19N3S2/c1-8(14-5-4-11)9-7-15-10(12-9)6-13(2)3/h7-8H,4-6,11H2,1-3H3. The lowest BCUT2D eigenvalue weighted by Gasteiger charge is -2.07. The zero-order valence-electron chi connectivity index (χ0n) is 9.56. The third-order valence-corrected chi connectivity index (χ3v) is 3.99. The van der Waals surface area contributed by atoms with Crippen molar-refractivity contribution in [2.24, 2.45) is 5.73 Å². The Bertz CT molecular complexity index is 286. The molecule has 1 heterocycles. The molecule has 0 aliphatic heterocycles. The molecule has 1 aromatic heterocycles. The quantitative estimate of drug-likeness (QED) is 0.832. The highest BCUT2D eigenvalue weighted by molar-refractivity contribution is 7.99. The van der Waals surface area contributed by atoms with Crippen LogP contribution in [0.1, 0.15) is 22.9 Å². The molecular weight excluding hydrogens is 226 g/mol. The molecule has 0 amide bonds. The van der Waals surface area contributed by atoms with Crippen molar-refractivity contribution >= 4 is 23.1 Å². The number of thioether (sulfide) groups is 1. The Kier molecular flexibility index (Phi) is 5.60. The highest BCUT2D eigenvalue weighted by Gasteiger charge is 2.10. The van der Waals surface area contributed by atoms with E-state index in [4.69, 9.17) is 5.73 Å². The Balaban J connectivity index is 2.51. The number of nitrogens with two attached hydrogens (primary N) is 1. The molecule has 0 aliphatic rings. The van der Waals surface area contributed by atoms with Crippen LogP contribution in [0.4, 0.5) is 0 Å². The Hall–Kier alpha value is -0.100. The molecule has 1 rings (SSSR count). The van der Waals surface area contributed by atoms with E-state index in [-0.39, 0.29) is 0 Å². The second-order valence-corrected chi connectivity index (χ2v) is 6.10. The molecule has 0 aliphatic carbocycles. The second-order valence-electron chi connectivity index (χ2n) is 3.71. The maximum Gasteiger partial charge on any atom is 0.107 e. The van der Waals surface area contributed by atoms with Crippen LogP contribution in [0.15, 0.2) is 5.38 Å². The lowest BCUT2D eigenvalue weighted by Crippen LogP contribution is -2.10. The lowest BCUT2D eigenvalue weighted by atomic mass is 10.4. The van der Waals surface area contributed by atoms with Crippen LogP contribution in [-0.4, -0.2) is 36.3 Å². The van der Waals surface area contributed by atoms with E-state index < -0.39 is 0 Å². The molecule has 0 radical (unpaired) electrons. The highest BCUT2D eigenvalue weighted by Crippen LogP contribution is 2.28. The number of rotatable bonds is 6. The summed E-state index contributed by atoms with van der Waals surface area (Å²) in [5.41, 5.74) is 6.67. The average molecular weight is 245 g/mol. The first-order valence-electron chi connectivity index (χ1n) is 5.04. The van der Waals surface area contributed by atoms with Crippen LogP contribution in [0.25, 0.3) is 0 Å². The van der Waals surface area contributed by atoms with Gasteiger partial charge in [-0.3, -0.25) is 0 Å². The van der Waals surface area contributed by atoms with Gasteiger partial charge in [-0.05, 0) is 21.0 Å². The van der Waals surface area contributed by atoms with E-state index in [9.17, 15) is 0 Å². The van der Waals surface area contributed by atoms with Crippen molar-refractivity contribution < 1.29 is 0 Å². The van der Waals surface area contributed by atoms with Crippen molar-refractivity contribution in [3.63, 3.8) is 0 Å². The number of nitrogens with zero attached hydrogens (tertiary/aromatic N) is 2. The molecule has 0 spiro atoms. The van der Waals surface area contributed by atoms with Crippen LogP contribution < -0.4 is 5.73 Å². The van der Waals surface area contributed by atoms with Gasteiger partial charge in [0.2, 0.25) is 0 Å². The summed E-state index contributed by atoms with van der Waals surface area (Å²) in [6, 6.07) is 0. The van der Waals surface area contributed by atoms with Gasteiger partial charge in [0.25, 0.3) is 0 Å². The fourth-order valence-corrected chi connectivity index (χ4v) is 3.06. The van der Waals surface area contributed by atoms with Gasteiger partial charge in [-0.25, -0.2) is 4.98 Å². The summed E-state index contributed by atoms with van der Waals surface area (Å²) < 4.78 is 0.